The van der Waals surface area contributed by atoms with Gasteiger partial charge in [0.1, 0.15) is 18.0 Å². The lowest BCUT2D eigenvalue weighted by atomic mass is 10.1. The van der Waals surface area contributed by atoms with Crippen molar-refractivity contribution in [1.82, 2.24) is 19.7 Å². The molecule has 0 aliphatic carbocycles. The van der Waals surface area contributed by atoms with Crippen LogP contribution < -0.4 is 5.32 Å². The van der Waals surface area contributed by atoms with Crippen molar-refractivity contribution in [2.75, 3.05) is 11.9 Å². The van der Waals surface area contributed by atoms with E-state index in [1.54, 1.807) is 23.0 Å². The summed E-state index contributed by atoms with van der Waals surface area (Å²) in [6, 6.07) is 8.36. The summed E-state index contributed by atoms with van der Waals surface area (Å²) in [5.74, 6) is 1.24. The molecule has 3 rings (SSSR count). The standard InChI is InChI=1S/C16H16FN5/c1-12-9-21-22(10-12)16-8-15(19-11-20-16)18-7-6-13-2-4-14(17)5-3-13/h2-5,8-11H,6-7H2,1H3,(H,18,19,20). The highest BCUT2D eigenvalue weighted by atomic mass is 19.1. The number of hydrogen-bond acceptors (Lipinski definition) is 4. The highest BCUT2D eigenvalue weighted by molar-refractivity contribution is 5.40. The van der Waals surface area contributed by atoms with E-state index in [-0.39, 0.29) is 5.82 Å². The predicted octanol–water partition coefficient (Wildman–Crippen LogP) is 2.76. The van der Waals surface area contributed by atoms with Crippen molar-refractivity contribution in [2.24, 2.45) is 0 Å². The molecule has 2 heterocycles. The SMILES string of the molecule is Cc1cnn(-c2cc(NCCc3ccc(F)cc3)ncn2)c1. The number of rotatable bonds is 5. The molecule has 0 saturated carbocycles. The first-order valence-electron chi connectivity index (χ1n) is 7.03. The van der Waals surface area contributed by atoms with Crippen LogP contribution in [0.5, 0.6) is 0 Å². The Morgan fingerprint density at radius 2 is 2.00 bits per heavy atom. The fraction of sp³-hybridized carbons (Fsp3) is 0.188. The van der Waals surface area contributed by atoms with Crippen LogP contribution >= 0.6 is 0 Å². The molecule has 0 aliphatic heterocycles. The van der Waals surface area contributed by atoms with E-state index in [1.165, 1.54) is 18.5 Å². The van der Waals surface area contributed by atoms with Crippen molar-refractivity contribution in [2.45, 2.75) is 13.3 Å². The molecule has 1 aromatic carbocycles. The molecule has 112 valence electrons. The van der Waals surface area contributed by atoms with Gasteiger partial charge in [0.25, 0.3) is 0 Å². The van der Waals surface area contributed by atoms with E-state index >= 15 is 0 Å². The van der Waals surface area contributed by atoms with Gasteiger partial charge < -0.3 is 5.32 Å². The van der Waals surface area contributed by atoms with E-state index in [1.807, 2.05) is 19.2 Å². The van der Waals surface area contributed by atoms with Crippen molar-refractivity contribution in [3.8, 4) is 5.82 Å². The van der Waals surface area contributed by atoms with Gasteiger partial charge in [-0.2, -0.15) is 5.10 Å². The lowest BCUT2D eigenvalue weighted by Crippen LogP contribution is -2.08. The summed E-state index contributed by atoms with van der Waals surface area (Å²) in [5.41, 5.74) is 2.15. The van der Waals surface area contributed by atoms with Crippen LogP contribution in [0.3, 0.4) is 0 Å². The third-order valence-corrected chi connectivity index (χ3v) is 3.23. The normalized spacial score (nSPS) is 10.6. The summed E-state index contributed by atoms with van der Waals surface area (Å²) in [4.78, 5) is 8.40. The van der Waals surface area contributed by atoms with Crippen LogP contribution in [0.15, 0.2) is 49.1 Å². The Hall–Kier alpha value is -2.76. The lowest BCUT2D eigenvalue weighted by molar-refractivity contribution is 0.627. The monoisotopic (exact) mass is 297 g/mol. The molecule has 0 bridgehead atoms. The van der Waals surface area contributed by atoms with Gasteiger partial charge >= 0.3 is 0 Å². The average Bonchev–Trinajstić information content (AvgIpc) is 2.96. The van der Waals surface area contributed by atoms with Gasteiger partial charge in [0.2, 0.25) is 0 Å². The van der Waals surface area contributed by atoms with Gasteiger partial charge in [0.15, 0.2) is 5.82 Å². The summed E-state index contributed by atoms with van der Waals surface area (Å²) in [6.45, 7) is 2.69. The van der Waals surface area contributed by atoms with Crippen molar-refractivity contribution in [1.29, 1.82) is 0 Å². The Kier molecular flexibility index (Phi) is 4.09. The molecule has 0 atom stereocenters. The van der Waals surface area contributed by atoms with Gasteiger partial charge in [0, 0.05) is 18.8 Å². The molecular formula is C16H16FN5. The number of aromatic nitrogens is 4. The van der Waals surface area contributed by atoms with Crippen LogP contribution in [0, 0.1) is 12.7 Å². The predicted molar refractivity (Wildman–Crippen MR) is 82.5 cm³/mol. The van der Waals surface area contributed by atoms with Crippen molar-refractivity contribution < 1.29 is 4.39 Å². The van der Waals surface area contributed by atoms with Gasteiger partial charge in [-0.3, -0.25) is 0 Å². The van der Waals surface area contributed by atoms with Gasteiger partial charge in [-0.05, 0) is 36.6 Å². The molecule has 0 saturated heterocycles. The second-order valence-electron chi connectivity index (χ2n) is 5.03. The van der Waals surface area contributed by atoms with Crippen LogP contribution in [0.2, 0.25) is 0 Å². The third-order valence-electron chi connectivity index (χ3n) is 3.23. The van der Waals surface area contributed by atoms with E-state index in [9.17, 15) is 4.39 Å². The topological polar surface area (TPSA) is 55.6 Å². The molecular weight excluding hydrogens is 281 g/mol. The summed E-state index contributed by atoms with van der Waals surface area (Å²) in [5, 5.41) is 7.47. The van der Waals surface area contributed by atoms with E-state index in [2.05, 4.69) is 20.4 Å². The van der Waals surface area contributed by atoms with Crippen molar-refractivity contribution in [3.05, 3.63) is 66.0 Å². The Morgan fingerprint density at radius 1 is 1.18 bits per heavy atom. The number of halogens is 1. The van der Waals surface area contributed by atoms with Gasteiger partial charge in [-0.15, -0.1) is 0 Å². The minimum Gasteiger partial charge on any atom is -0.370 e. The minimum atomic E-state index is -0.216. The minimum absolute atomic E-state index is 0.216. The molecule has 0 aliphatic rings. The molecule has 3 aromatic rings. The van der Waals surface area contributed by atoms with E-state index < -0.39 is 0 Å². The number of hydrogen-bond donors (Lipinski definition) is 1. The molecule has 22 heavy (non-hydrogen) atoms. The Labute approximate surface area is 127 Å². The summed E-state index contributed by atoms with van der Waals surface area (Å²) in [6.07, 6.45) is 5.99. The fourth-order valence-corrected chi connectivity index (χ4v) is 2.09. The second-order valence-corrected chi connectivity index (χ2v) is 5.03. The van der Waals surface area contributed by atoms with Gasteiger partial charge in [-0.25, -0.2) is 19.0 Å². The van der Waals surface area contributed by atoms with Crippen LogP contribution in [0.25, 0.3) is 5.82 Å². The molecule has 0 radical (unpaired) electrons. The fourth-order valence-electron chi connectivity index (χ4n) is 2.09. The van der Waals surface area contributed by atoms with Crippen LogP contribution in [0.4, 0.5) is 10.2 Å². The summed E-state index contributed by atoms with van der Waals surface area (Å²) >= 11 is 0. The first kappa shape index (κ1) is 14.2. The Balaban J connectivity index is 1.62. The van der Waals surface area contributed by atoms with Gasteiger partial charge in [0.05, 0.1) is 6.20 Å². The number of nitrogens with zero attached hydrogens (tertiary/aromatic N) is 4. The summed E-state index contributed by atoms with van der Waals surface area (Å²) < 4.78 is 14.6. The Morgan fingerprint density at radius 3 is 2.73 bits per heavy atom. The molecule has 0 spiro atoms. The van der Waals surface area contributed by atoms with E-state index in [0.717, 1.165) is 23.4 Å². The first-order chi connectivity index (χ1) is 10.7. The smallest absolute Gasteiger partial charge is 0.158 e. The Bertz CT molecular complexity index is 751. The second kappa shape index (κ2) is 6.34. The quantitative estimate of drug-likeness (QED) is 0.787. The highest BCUT2D eigenvalue weighted by Gasteiger charge is 2.02. The zero-order valence-corrected chi connectivity index (χ0v) is 12.2. The zero-order valence-electron chi connectivity index (χ0n) is 12.2. The third kappa shape index (κ3) is 3.46. The van der Waals surface area contributed by atoms with Crippen LogP contribution in [0.1, 0.15) is 11.1 Å². The first-order valence-corrected chi connectivity index (χ1v) is 7.03. The maximum absolute atomic E-state index is 12.8. The number of anilines is 1. The van der Waals surface area contributed by atoms with Crippen LogP contribution in [-0.4, -0.2) is 26.3 Å². The maximum Gasteiger partial charge on any atom is 0.158 e. The molecule has 0 amide bonds. The van der Waals surface area contributed by atoms with E-state index in [0.29, 0.717) is 12.4 Å². The maximum atomic E-state index is 12.8. The zero-order chi connectivity index (χ0) is 15.4. The number of benzene rings is 1. The van der Waals surface area contributed by atoms with Gasteiger partial charge in [-0.1, -0.05) is 12.1 Å². The molecule has 6 heteroatoms. The van der Waals surface area contributed by atoms with Crippen molar-refractivity contribution >= 4 is 5.82 Å². The highest BCUT2D eigenvalue weighted by Crippen LogP contribution is 2.10. The average molecular weight is 297 g/mol. The largest absolute Gasteiger partial charge is 0.370 e. The number of nitrogens with one attached hydrogen (secondary N) is 1. The molecule has 5 nitrogen and oxygen atoms in total. The molecule has 0 unspecified atom stereocenters. The molecule has 1 N–H and O–H groups in total. The van der Waals surface area contributed by atoms with Crippen molar-refractivity contribution in [3.63, 3.8) is 0 Å². The molecule has 2 aromatic heterocycles. The summed E-state index contributed by atoms with van der Waals surface area (Å²) in [7, 11) is 0. The van der Waals surface area contributed by atoms with Crippen LogP contribution in [-0.2, 0) is 6.42 Å². The molecule has 0 fully saturated rings. The number of aryl methyl sites for hydroxylation is 1. The van der Waals surface area contributed by atoms with E-state index in [4.69, 9.17) is 0 Å². The lowest BCUT2D eigenvalue weighted by Gasteiger charge is -2.07.